The standard InChI is InChI=1S/C18H23N3O5S2/c1-11(2)21(12(3)4)16(22)10-26-17(23)13-5-6-14-15(9-13)27-18-19-28(24,25)8-7-20(14)18/h5-6,9,11-12H,7-8,10H2,1-4H3. The number of nitrogens with zero attached hydrogens (tertiary/aromatic N) is 3. The lowest BCUT2D eigenvalue weighted by Crippen LogP contribution is -2.44. The maximum Gasteiger partial charge on any atom is 0.338 e. The van der Waals surface area contributed by atoms with E-state index in [-0.39, 0.29) is 30.4 Å². The summed E-state index contributed by atoms with van der Waals surface area (Å²) in [5.74, 6) is -0.876. The average Bonchev–Trinajstić information content (AvgIpc) is 2.93. The maximum absolute atomic E-state index is 12.4. The molecule has 1 aromatic carbocycles. The van der Waals surface area contributed by atoms with E-state index in [1.807, 2.05) is 32.6 Å². The minimum atomic E-state index is -3.43. The van der Waals surface area contributed by atoms with Gasteiger partial charge in [-0.2, -0.15) is 0 Å². The zero-order chi connectivity index (χ0) is 20.6. The number of hydrogen-bond donors (Lipinski definition) is 0. The van der Waals surface area contributed by atoms with Crippen molar-refractivity contribution < 1.29 is 22.7 Å². The van der Waals surface area contributed by atoms with Crippen molar-refractivity contribution in [2.45, 2.75) is 44.7 Å². The van der Waals surface area contributed by atoms with Gasteiger partial charge in [-0.1, -0.05) is 0 Å². The number of thioether (sulfide) groups is 1. The molecular formula is C18H23N3O5S2. The van der Waals surface area contributed by atoms with Crippen LogP contribution in [0.15, 0.2) is 27.5 Å². The quantitative estimate of drug-likeness (QED) is 0.667. The molecule has 0 N–H and O–H groups in total. The van der Waals surface area contributed by atoms with E-state index in [1.54, 1.807) is 23.1 Å². The number of anilines is 1. The van der Waals surface area contributed by atoms with E-state index >= 15 is 0 Å². The molecule has 10 heteroatoms. The summed E-state index contributed by atoms with van der Waals surface area (Å²) in [6, 6.07) is 5.02. The number of carbonyl (C=O) groups is 2. The highest BCUT2D eigenvalue weighted by atomic mass is 32.2. The van der Waals surface area contributed by atoms with Crippen LogP contribution in [0.5, 0.6) is 0 Å². The van der Waals surface area contributed by atoms with Crippen LogP contribution in [0, 0.1) is 0 Å². The van der Waals surface area contributed by atoms with Gasteiger partial charge in [0.15, 0.2) is 11.8 Å². The number of amides is 1. The fourth-order valence-electron chi connectivity index (χ4n) is 3.32. The number of rotatable bonds is 5. The predicted octanol–water partition coefficient (Wildman–Crippen LogP) is 2.10. The topological polar surface area (TPSA) is 96.3 Å². The molecular weight excluding hydrogens is 402 g/mol. The molecule has 2 heterocycles. The van der Waals surface area contributed by atoms with Crippen LogP contribution < -0.4 is 4.90 Å². The van der Waals surface area contributed by atoms with Crippen LogP contribution in [0.25, 0.3) is 0 Å². The molecule has 0 saturated heterocycles. The second-order valence-electron chi connectivity index (χ2n) is 7.16. The van der Waals surface area contributed by atoms with Gasteiger partial charge in [-0.05, 0) is 57.7 Å². The highest BCUT2D eigenvalue weighted by molar-refractivity contribution is 8.15. The van der Waals surface area contributed by atoms with Crippen LogP contribution in [-0.2, 0) is 19.6 Å². The van der Waals surface area contributed by atoms with Crippen molar-refractivity contribution in [3.8, 4) is 0 Å². The van der Waals surface area contributed by atoms with Crippen molar-refractivity contribution in [3.63, 3.8) is 0 Å². The summed E-state index contributed by atoms with van der Waals surface area (Å²) in [7, 11) is -3.43. The van der Waals surface area contributed by atoms with Gasteiger partial charge in [0.1, 0.15) is 0 Å². The van der Waals surface area contributed by atoms with E-state index < -0.39 is 16.0 Å². The minimum Gasteiger partial charge on any atom is -0.452 e. The molecule has 0 spiro atoms. The van der Waals surface area contributed by atoms with Gasteiger partial charge in [-0.25, -0.2) is 13.2 Å². The third-order valence-corrected chi connectivity index (χ3v) is 6.74. The Morgan fingerprint density at radius 2 is 1.93 bits per heavy atom. The Morgan fingerprint density at radius 3 is 2.57 bits per heavy atom. The fraction of sp³-hybridized carbons (Fsp3) is 0.500. The number of esters is 1. The molecule has 0 aliphatic carbocycles. The molecule has 0 saturated carbocycles. The monoisotopic (exact) mass is 425 g/mol. The molecule has 0 aromatic heterocycles. The van der Waals surface area contributed by atoms with Crippen molar-refractivity contribution in [2.24, 2.45) is 4.40 Å². The molecule has 0 bridgehead atoms. The number of ether oxygens (including phenoxy) is 1. The predicted molar refractivity (Wildman–Crippen MR) is 108 cm³/mol. The van der Waals surface area contributed by atoms with Crippen LogP contribution in [0.2, 0.25) is 0 Å². The van der Waals surface area contributed by atoms with Crippen molar-refractivity contribution >= 4 is 44.5 Å². The number of carbonyl (C=O) groups excluding carboxylic acids is 2. The van der Waals surface area contributed by atoms with Crippen molar-refractivity contribution in [1.29, 1.82) is 0 Å². The highest BCUT2D eigenvalue weighted by Crippen LogP contribution is 2.42. The van der Waals surface area contributed by atoms with Gasteiger partial charge in [0.05, 0.1) is 17.0 Å². The molecule has 3 rings (SSSR count). The first kappa shape index (κ1) is 20.7. The first-order valence-electron chi connectivity index (χ1n) is 8.99. The zero-order valence-electron chi connectivity index (χ0n) is 16.2. The number of hydrogen-bond acceptors (Lipinski definition) is 7. The van der Waals surface area contributed by atoms with E-state index in [4.69, 9.17) is 4.74 Å². The number of benzene rings is 1. The van der Waals surface area contributed by atoms with E-state index in [0.29, 0.717) is 17.3 Å². The van der Waals surface area contributed by atoms with E-state index in [1.165, 1.54) is 11.8 Å². The Hall–Kier alpha value is -2.07. The Labute approximate surface area is 169 Å². The second-order valence-corrected chi connectivity index (χ2v) is 9.92. The second kappa shape index (κ2) is 7.75. The third kappa shape index (κ3) is 4.17. The lowest BCUT2D eigenvalue weighted by molar-refractivity contribution is -0.138. The SMILES string of the molecule is CC(C)N(C(=O)COC(=O)c1ccc2c(c1)SC1=NS(=O)(=O)CCN12)C(C)C. The maximum atomic E-state index is 12.4. The summed E-state index contributed by atoms with van der Waals surface area (Å²) in [6.07, 6.45) is 0. The Morgan fingerprint density at radius 1 is 1.25 bits per heavy atom. The van der Waals surface area contributed by atoms with Gasteiger partial charge in [0, 0.05) is 23.5 Å². The van der Waals surface area contributed by atoms with Gasteiger partial charge in [0.2, 0.25) is 0 Å². The number of sulfonamides is 1. The lowest BCUT2D eigenvalue weighted by Gasteiger charge is -2.30. The highest BCUT2D eigenvalue weighted by Gasteiger charge is 2.33. The molecule has 0 atom stereocenters. The molecule has 1 amide bonds. The summed E-state index contributed by atoms with van der Waals surface area (Å²) >= 11 is 1.20. The normalized spacial score (nSPS) is 17.2. The molecule has 0 unspecified atom stereocenters. The van der Waals surface area contributed by atoms with Crippen LogP contribution in [0.1, 0.15) is 38.1 Å². The first-order valence-corrected chi connectivity index (χ1v) is 11.4. The first-order chi connectivity index (χ1) is 13.1. The van der Waals surface area contributed by atoms with Crippen LogP contribution >= 0.6 is 11.8 Å². The summed E-state index contributed by atoms with van der Waals surface area (Å²) < 4.78 is 32.4. The lowest BCUT2D eigenvalue weighted by atomic mass is 10.2. The van der Waals surface area contributed by atoms with Crippen molar-refractivity contribution in [1.82, 2.24) is 4.90 Å². The summed E-state index contributed by atoms with van der Waals surface area (Å²) in [5, 5.41) is 0.395. The third-order valence-electron chi connectivity index (χ3n) is 4.44. The largest absolute Gasteiger partial charge is 0.452 e. The van der Waals surface area contributed by atoms with E-state index in [0.717, 1.165) is 10.6 Å². The minimum absolute atomic E-state index is 0.0112. The molecule has 2 aliphatic rings. The van der Waals surface area contributed by atoms with Crippen molar-refractivity contribution in [3.05, 3.63) is 23.8 Å². The molecule has 28 heavy (non-hydrogen) atoms. The molecule has 2 aliphatic heterocycles. The van der Waals surface area contributed by atoms with Crippen LogP contribution in [0.3, 0.4) is 0 Å². The van der Waals surface area contributed by atoms with Gasteiger partial charge >= 0.3 is 5.97 Å². The summed E-state index contributed by atoms with van der Waals surface area (Å²) in [4.78, 5) is 29.0. The smallest absolute Gasteiger partial charge is 0.338 e. The van der Waals surface area contributed by atoms with Crippen LogP contribution in [0.4, 0.5) is 5.69 Å². The van der Waals surface area contributed by atoms with Crippen LogP contribution in [-0.4, -0.2) is 61.4 Å². The zero-order valence-corrected chi connectivity index (χ0v) is 17.8. The van der Waals surface area contributed by atoms with E-state index in [9.17, 15) is 18.0 Å². The Bertz CT molecular complexity index is 933. The van der Waals surface area contributed by atoms with E-state index in [2.05, 4.69) is 4.40 Å². The summed E-state index contributed by atoms with van der Waals surface area (Å²) in [6.45, 7) is 7.66. The molecule has 8 nitrogen and oxygen atoms in total. The van der Waals surface area contributed by atoms with Gasteiger partial charge in [-0.15, -0.1) is 4.40 Å². The van der Waals surface area contributed by atoms with Crippen molar-refractivity contribution in [2.75, 3.05) is 23.8 Å². The molecule has 0 fully saturated rings. The summed E-state index contributed by atoms with van der Waals surface area (Å²) in [5.41, 5.74) is 1.13. The fourth-order valence-corrected chi connectivity index (χ4v) is 5.61. The number of amidine groups is 1. The van der Waals surface area contributed by atoms with Gasteiger partial charge in [0.25, 0.3) is 15.9 Å². The number of fused-ring (bicyclic) bond motifs is 3. The molecule has 1 aromatic rings. The average molecular weight is 426 g/mol. The Balaban J connectivity index is 1.70. The van der Waals surface area contributed by atoms with Gasteiger partial charge in [-0.3, -0.25) is 4.79 Å². The molecule has 152 valence electrons. The van der Waals surface area contributed by atoms with Gasteiger partial charge < -0.3 is 14.5 Å². The Kier molecular flexibility index (Phi) is 5.72. The molecule has 0 radical (unpaired) electrons.